The second kappa shape index (κ2) is 17.6. The molecule has 1 unspecified atom stereocenters. The van der Waals surface area contributed by atoms with E-state index in [1.807, 2.05) is 84.9 Å². The van der Waals surface area contributed by atoms with E-state index in [1.54, 1.807) is 6.92 Å². The Morgan fingerprint density at radius 1 is 0.868 bits per heavy atom. The molecule has 3 aromatic rings. The van der Waals surface area contributed by atoms with Gasteiger partial charge >= 0.3 is 23.9 Å². The fraction of sp³-hybridized carbons (Fsp3) is 0.452. The number of ether oxygens (including phenoxy) is 4. The van der Waals surface area contributed by atoms with E-state index in [-0.39, 0.29) is 38.0 Å². The molecule has 0 amide bonds. The highest BCUT2D eigenvalue weighted by Gasteiger charge is 2.34. The molecule has 0 saturated carbocycles. The smallest absolute Gasteiger partial charge is 0.355 e. The van der Waals surface area contributed by atoms with Gasteiger partial charge in [0.25, 0.3) is 0 Å². The second-order valence-corrected chi connectivity index (χ2v) is 14.2. The zero-order valence-corrected chi connectivity index (χ0v) is 32.7. The first-order valence-corrected chi connectivity index (χ1v) is 18.1. The summed E-state index contributed by atoms with van der Waals surface area (Å²) in [4.78, 5) is 62.4. The van der Waals surface area contributed by atoms with Crippen molar-refractivity contribution < 1.29 is 38.1 Å². The number of rotatable bonds is 15. The van der Waals surface area contributed by atoms with Crippen LogP contribution in [0.5, 0.6) is 0 Å². The normalized spacial score (nSPS) is 14.3. The lowest BCUT2D eigenvalue weighted by atomic mass is 9.84. The van der Waals surface area contributed by atoms with E-state index in [4.69, 9.17) is 23.9 Å². The third-order valence-corrected chi connectivity index (χ3v) is 9.40. The van der Waals surface area contributed by atoms with Crippen LogP contribution in [-0.2, 0) is 46.2 Å². The van der Waals surface area contributed by atoms with E-state index in [0.29, 0.717) is 36.2 Å². The van der Waals surface area contributed by atoms with Crippen LogP contribution in [0.1, 0.15) is 122 Å². The van der Waals surface area contributed by atoms with Gasteiger partial charge in [0, 0.05) is 43.3 Å². The van der Waals surface area contributed by atoms with Crippen molar-refractivity contribution in [1.29, 1.82) is 0 Å². The van der Waals surface area contributed by atoms with Crippen molar-refractivity contribution in [3.63, 3.8) is 0 Å². The van der Waals surface area contributed by atoms with Gasteiger partial charge < -0.3 is 28.9 Å². The molecule has 1 aromatic carbocycles. The standard InChI is InChI=1S/C42H53N3O8/c1-11-51-36(48)20-18-31-25(3)38(44-34(31)23-33-30(17-19-35(47)50-10)24(2)27(5)43-33)37(29-15-13-12-14-16-29)39-26(4)32(21-22-52-28(6)46)40(45-39)41(49)53-42(7,8)9/h12-16,23,37,43,45H,11,17-22H2,1-10H3/b34-23+. The molecule has 0 radical (unpaired) electrons. The molecule has 1 aliphatic rings. The van der Waals surface area contributed by atoms with Crippen molar-refractivity contribution in [2.45, 2.75) is 106 Å². The predicted octanol–water partition coefficient (Wildman–Crippen LogP) is 7.72. The van der Waals surface area contributed by atoms with Crippen molar-refractivity contribution in [3.05, 3.63) is 97.8 Å². The minimum absolute atomic E-state index is 0.0946. The number of carbonyl (C=O) groups is 4. The van der Waals surface area contributed by atoms with Gasteiger partial charge in [-0.15, -0.1) is 0 Å². The molecule has 11 heteroatoms. The van der Waals surface area contributed by atoms with E-state index in [1.165, 1.54) is 14.0 Å². The molecule has 284 valence electrons. The van der Waals surface area contributed by atoms with Gasteiger partial charge in [-0.25, -0.2) is 4.79 Å². The monoisotopic (exact) mass is 727 g/mol. The summed E-state index contributed by atoms with van der Waals surface area (Å²) in [6.45, 7) is 16.9. The van der Waals surface area contributed by atoms with Crippen molar-refractivity contribution in [3.8, 4) is 0 Å². The van der Waals surface area contributed by atoms with Gasteiger partial charge in [-0.05, 0) is 113 Å². The second-order valence-electron chi connectivity index (χ2n) is 14.2. The van der Waals surface area contributed by atoms with Gasteiger partial charge in [-0.1, -0.05) is 30.3 Å². The Balaban J connectivity index is 1.94. The average Bonchev–Trinajstić information content (AvgIpc) is 3.68. The predicted molar refractivity (Wildman–Crippen MR) is 204 cm³/mol. The van der Waals surface area contributed by atoms with E-state index >= 15 is 0 Å². The highest BCUT2D eigenvalue weighted by atomic mass is 16.6. The van der Waals surface area contributed by atoms with Crippen LogP contribution in [0.15, 0.2) is 52.2 Å². The van der Waals surface area contributed by atoms with Crippen molar-refractivity contribution in [1.82, 2.24) is 9.97 Å². The summed E-state index contributed by atoms with van der Waals surface area (Å²) in [7, 11) is 1.38. The van der Waals surface area contributed by atoms with Crippen LogP contribution in [0, 0.1) is 20.8 Å². The first-order chi connectivity index (χ1) is 25.1. The number of aromatic amines is 2. The van der Waals surface area contributed by atoms with Gasteiger partial charge in [0.05, 0.1) is 37.7 Å². The molecule has 0 bridgehead atoms. The highest BCUT2D eigenvalue weighted by Crippen LogP contribution is 2.41. The topological polar surface area (TPSA) is 149 Å². The molecule has 1 aliphatic heterocycles. The molecule has 1 atom stereocenters. The van der Waals surface area contributed by atoms with Crippen LogP contribution < -0.4 is 0 Å². The van der Waals surface area contributed by atoms with E-state index in [0.717, 1.165) is 56.2 Å². The number of aliphatic imine (C=N–C) groups is 1. The summed E-state index contributed by atoms with van der Waals surface area (Å²) in [6, 6.07) is 9.91. The largest absolute Gasteiger partial charge is 0.469 e. The average molecular weight is 728 g/mol. The summed E-state index contributed by atoms with van der Waals surface area (Å²) in [6.07, 6.45) is 3.56. The Labute approximate surface area is 312 Å². The Bertz CT molecular complexity index is 1940. The summed E-state index contributed by atoms with van der Waals surface area (Å²) in [5.74, 6) is -1.96. The third kappa shape index (κ3) is 10.0. The molecular weight excluding hydrogens is 674 g/mol. The van der Waals surface area contributed by atoms with Crippen molar-refractivity contribution in [2.75, 3.05) is 20.3 Å². The minimum Gasteiger partial charge on any atom is -0.469 e. The fourth-order valence-electron chi connectivity index (χ4n) is 6.68. The van der Waals surface area contributed by atoms with Crippen LogP contribution >= 0.6 is 0 Å². The fourth-order valence-corrected chi connectivity index (χ4v) is 6.68. The number of nitrogens with one attached hydrogen (secondary N) is 2. The van der Waals surface area contributed by atoms with Gasteiger partial charge in [-0.2, -0.15) is 0 Å². The minimum atomic E-state index is -0.741. The van der Waals surface area contributed by atoms with Gasteiger partial charge in [0.1, 0.15) is 11.3 Å². The Kier molecular flexibility index (Phi) is 13.4. The molecule has 0 saturated heterocycles. The Morgan fingerprint density at radius 2 is 1.55 bits per heavy atom. The number of H-pyrrole nitrogens is 2. The first-order valence-electron chi connectivity index (χ1n) is 18.1. The van der Waals surface area contributed by atoms with Crippen LogP contribution in [0.25, 0.3) is 6.08 Å². The van der Waals surface area contributed by atoms with Crippen molar-refractivity contribution >= 4 is 35.7 Å². The van der Waals surface area contributed by atoms with Gasteiger partial charge in [0.2, 0.25) is 0 Å². The molecule has 2 aromatic heterocycles. The lowest BCUT2D eigenvalue weighted by Crippen LogP contribution is -2.25. The molecule has 0 spiro atoms. The van der Waals surface area contributed by atoms with Crippen LogP contribution in [0.4, 0.5) is 0 Å². The van der Waals surface area contributed by atoms with Gasteiger partial charge in [-0.3, -0.25) is 19.4 Å². The lowest BCUT2D eigenvalue weighted by Gasteiger charge is -2.20. The molecule has 53 heavy (non-hydrogen) atoms. The van der Waals surface area contributed by atoms with Crippen LogP contribution in [0.2, 0.25) is 0 Å². The SMILES string of the molecule is CCOC(=O)CCC1=C(C)C(C(c2ccccc2)c2[nH]c(C(=O)OC(C)(C)C)c(CCOC(C)=O)c2C)=N/C1=C/c1[nH]c(C)c(C)c1CCC(=O)OC. The van der Waals surface area contributed by atoms with Crippen LogP contribution in [-0.4, -0.2) is 65.5 Å². The number of carbonyl (C=O) groups excluding carboxylic acids is 4. The summed E-state index contributed by atoms with van der Waals surface area (Å²) < 4.78 is 21.3. The quantitative estimate of drug-likeness (QED) is 0.119. The zero-order chi connectivity index (χ0) is 39.0. The number of aryl methyl sites for hydroxylation is 1. The van der Waals surface area contributed by atoms with E-state index in [2.05, 4.69) is 9.97 Å². The molecular formula is C42H53N3O8. The summed E-state index contributed by atoms with van der Waals surface area (Å²) in [5.41, 5.74) is 9.87. The van der Waals surface area contributed by atoms with Crippen molar-refractivity contribution in [2.24, 2.45) is 4.99 Å². The Morgan fingerprint density at radius 3 is 2.17 bits per heavy atom. The number of esters is 4. The Hall–Kier alpha value is -5.19. The first kappa shape index (κ1) is 40.6. The zero-order valence-electron chi connectivity index (χ0n) is 32.7. The number of aromatic nitrogens is 2. The summed E-state index contributed by atoms with van der Waals surface area (Å²) >= 11 is 0. The highest BCUT2D eigenvalue weighted by molar-refractivity contribution is 6.11. The lowest BCUT2D eigenvalue weighted by molar-refractivity contribution is -0.143. The number of benzene rings is 1. The molecule has 0 aliphatic carbocycles. The van der Waals surface area contributed by atoms with E-state index in [9.17, 15) is 19.2 Å². The van der Waals surface area contributed by atoms with Crippen LogP contribution in [0.3, 0.4) is 0 Å². The third-order valence-electron chi connectivity index (χ3n) is 9.40. The number of hydrogen-bond donors (Lipinski definition) is 2. The number of nitrogens with zero attached hydrogens (tertiary/aromatic N) is 1. The number of methoxy groups -OCH3 is 1. The number of hydrogen-bond acceptors (Lipinski definition) is 9. The maximum atomic E-state index is 13.7. The molecule has 0 fully saturated rings. The number of allylic oxidation sites excluding steroid dienone is 2. The van der Waals surface area contributed by atoms with E-state index < -0.39 is 23.5 Å². The maximum absolute atomic E-state index is 13.7. The maximum Gasteiger partial charge on any atom is 0.355 e. The molecule has 3 heterocycles. The molecule has 4 rings (SSSR count). The molecule has 11 nitrogen and oxygen atoms in total. The summed E-state index contributed by atoms with van der Waals surface area (Å²) in [5, 5.41) is 0. The molecule has 2 N–H and O–H groups in total. The van der Waals surface area contributed by atoms with Gasteiger partial charge in [0.15, 0.2) is 0 Å².